The minimum absolute atomic E-state index is 0.299. The number of rotatable bonds is 2. The van der Waals surface area contributed by atoms with E-state index in [1.165, 1.54) is 6.26 Å². The van der Waals surface area contributed by atoms with Crippen molar-refractivity contribution in [1.82, 2.24) is 10.5 Å². The zero-order valence-corrected chi connectivity index (χ0v) is 7.44. The molecule has 2 atom stereocenters. The Balaban J connectivity index is 1.99. The van der Waals surface area contributed by atoms with Crippen molar-refractivity contribution in [3.05, 3.63) is 18.0 Å². The molecular formula is C9H14N2O2. The van der Waals surface area contributed by atoms with Gasteiger partial charge in [0.2, 0.25) is 0 Å². The van der Waals surface area contributed by atoms with Crippen LogP contribution in [0, 0.1) is 5.92 Å². The normalized spacial score (nSPS) is 25.8. The van der Waals surface area contributed by atoms with Crippen molar-refractivity contribution < 1.29 is 9.63 Å². The fourth-order valence-electron chi connectivity index (χ4n) is 1.78. The molecule has 2 heterocycles. The fourth-order valence-corrected chi connectivity index (χ4v) is 1.78. The molecule has 2 unspecified atom stereocenters. The van der Waals surface area contributed by atoms with Gasteiger partial charge in [-0.25, -0.2) is 0 Å². The van der Waals surface area contributed by atoms with Crippen molar-refractivity contribution in [2.45, 2.75) is 18.9 Å². The summed E-state index contributed by atoms with van der Waals surface area (Å²) < 4.78 is 4.70. The maximum atomic E-state index is 9.89. The second-order valence-corrected chi connectivity index (χ2v) is 3.51. The molecule has 1 fully saturated rings. The smallest absolute Gasteiger partial charge is 0.129 e. The molecule has 0 aliphatic carbocycles. The predicted molar refractivity (Wildman–Crippen MR) is 47.1 cm³/mol. The van der Waals surface area contributed by atoms with Crippen LogP contribution in [0.15, 0.2) is 17.0 Å². The van der Waals surface area contributed by atoms with E-state index in [4.69, 9.17) is 4.52 Å². The molecule has 1 aromatic heterocycles. The Bertz CT molecular complexity index is 242. The summed E-state index contributed by atoms with van der Waals surface area (Å²) in [6.07, 6.45) is 4.87. The number of nitrogens with one attached hydrogen (secondary N) is 1. The number of nitrogens with zero attached hydrogens (tertiary/aromatic N) is 1. The Morgan fingerprint density at radius 2 is 2.62 bits per heavy atom. The Hall–Kier alpha value is -0.870. The van der Waals surface area contributed by atoms with Crippen LogP contribution in [0.25, 0.3) is 0 Å². The summed E-state index contributed by atoms with van der Waals surface area (Å²) in [4.78, 5) is 0. The molecule has 0 bridgehead atoms. The average Bonchev–Trinajstić information content (AvgIpc) is 2.71. The number of aromatic nitrogens is 1. The molecule has 2 N–H and O–H groups in total. The molecule has 2 rings (SSSR count). The molecule has 0 amide bonds. The van der Waals surface area contributed by atoms with Crippen molar-refractivity contribution in [1.29, 1.82) is 0 Å². The second kappa shape index (κ2) is 3.89. The summed E-state index contributed by atoms with van der Waals surface area (Å²) in [5.41, 5.74) is 0.786. The van der Waals surface area contributed by atoms with Crippen LogP contribution in [-0.4, -0.2) is 23.4 Å². The molecular weight excluding hydrogens is 168 g/mol. The van der Waals surface area contributed by atoms with Gasteiger partial charge in [-0.1, -0.05) is 5.16 Å². The van der Waals surface area contributed by atoms with Gasteiger partial charge in [-0.2, -0.15) is 0 Å². The molecule has 72 valence electrons. The fraction of sp³-hybridized carbons (Fsp3) is 0.667. The van der Waals surface area contributed by atoms with Crippen LogP contribution in [0.1, 0.15) is 24.5 Å². The molecule has 1 aliphatic rings. The van der Waals surface area contributed by atoms with Crippen LogP contribution in [-0.2, 0) is 0 Å². The van der Waals surface area contributed by atoms with Gasteiger partial charge in [-0.05, 0) is 19.4 Å². The highest BCUT2D eigenvalue weighted by Crippen LogP contribution is 2.26. The van der Waals surface area contributed by atoms with Crippen molar-refractivity contribution >= 4 is 0 Å². The highest BCUT2D eigenvalue weighted by molar-refractivity contribution is 5.06. The van der Waals surface area contributed by atoms with E-state index in [0.717, 1.165) is 31.5 Å². The van der Waals surface area contributed by atoms with E-state index >= 15 is 0 Å². The third-order valence-electron chi connectivity index (χ3n) is 2.57. The maximum Gasteiger partial charge on any atom is 0.129 e. The van der Waals surface area contributed by atoms with Gasteiger partial charge in [0.1, 0.15) is 6.26 Å². The number of hydrogen-bond acceptors (Lipinski definition) is 4. The Labute approximate surface area is 76.9 Å². The molecule has 0 spiro atoms. The van der Waals surface area contributed by atoms with E-state index in [-0.39, 0.29) is 0 Å². The zero-order chi connectivity index (χ0) is 9.10. The number of aliphatic hydroxyl groups excluding tert-OH is 1. The third kappa shape index (κ3) is 1.89. The molecule has 0 saturated carbocycles. The summed E-state index contributed by atoms with van der Waals surface area (Å²) >= 11 is 0. The first-order valence-corrected chi connectivity index (χ1v) is 4.66. The Morgan fingerprint density at radius 1 is 1.69 bits per heavy atom. The van der Waals surface area contributed by atoms with Gasteiger partial charge in [-0.15, -0.1) is 0 Å². The first kappa shape index (κ1) is 8.72. The highest BCUT2D eigenvalue weighted by Gasteiger charge is 2.23. The van der Waals surface area contributed by atoms with Gasteiger partial charge in [0.15, 0.2) is 0 Å². The Morgan fingerprint density at radius 3 is 3.23 bits per heavy atom. The molecule has 4 nitrogen and oxygen atoms in total. The lowest BCUT2D eigenvalue weighted by Gasteiger charge is -2.26. The van der Waals surface area contributed by atoms with E-state index in [1.807, 2.05) is 0 Å². The van der Waals surface area contributed by atoms with Gasteiger partial charge in [0, 0.05) is 18.0 Å². The lowest BCUT2D eigenvalue weighted by molar-refractivity contribution is 0.0916. The van der Waals surface area contributed by atoms with E-state index in [2.05, 4.69) is 10.5 Å². The minimum Gasteiger partial charge on any atom is -0.388 e. The molecule has 0 aromatic carbocycles. The van der Waals surface area contributed by atoms with Gasteiger partial charge < -0.3 is 14.9 Å². The lowest BCUT2D eigenvalue weighted by atomic mass is 9.91. The topological polar surface area (TPSA) is 58.3 Å². The van der Waals surface area contributed by atoms with Crippen molar-refractivity contribution in [2.24, 2.45) is 5.92 Å². The quantitative estimate of drug-likeness (QED) is 0.707. The average molecular weight is 182 g/mol. The molecule has 1 saturated heterocycles. The maximum absolute atomic E-state index is 9.89. The van der Waals surface area contributed by atoms with Crippen molar-refractivity contribution in [3.8, 4) is 0 Å². The second-order valence-electron chi connectivity index (χ2n) is 3.51. The predicted octanol–water partition coefficient (Wildman–Crippen LogP) is 0.708. The van der Waals surface area contributed by atoms with E-state index < -0.39 is 6.10 Å². The standard InChI is InChI=1S/C9H14N2O2/c12-9(8-5-11-13-6-8)7-2-1-3-10-4-7/h5-7,9-10,12H,1-4H2. The lowest BCUT2D eigenvalue weighted by Crippen LogP contribution is -2.33. The van der Waals surface area contributed by atoms with Gasteiger partial charge in [-0.3, -0.25) is 0 Å². The minimum atomic E-state index is -0.431. The van der Waals surface area contributed by atoms with Crippen LogP contribution in [0.3, 0.4) is 0 Å². The monoisotopic (exact) mass is 182 g/mol. The van der Waals surface area contributed by atoms with Crippen molar-refractivity contribution in [2.75, 3.05) is 13.1 Å². The molecule has 13 heavy (non-hydrogen) atoms. The zero-order valence-electron chi connectivity index (χ0n) is 7.44. The largest absolute Gasteiger partial charge is 0.388 e. The molecule has 1 aromatic rings. The summed E-state index contributed by atoms with van der Waals surface area (Å²) in [6.45, 7) is 1.94. The Kier molecular flexibility index (Phi) is 2.61. The summed E-state index contributed by atoms with van der Waals surface area (Å²) in [5.74, 6) is 0.299. The number of aliphatic hydroxyl groups is 1. The molecule has 1 aliphatic heterocycles. The first-order chi connectivity index (χ1) is 6.38. The third-order valence-corrected chi connectivity index (χ3v) is 2.57. The number of hydrogen-bond donors (Lipinski definition) is 2. The molecule has 4 heteroatoms. The van der Waals surface area contributed by atoms with Gasteiger partial charge in [0.25, 0.3) is 0 Å². The SMILES string of the molecule is OC(c1cnoc1)C1CCCNC1. The number of piperidine rings is 1. The van der Waals surface area contributed by atoms with Crippen LogP contribution in [0.2, 0.25) is 0 Å². The van der Waals surface area contributed by atoms with Gasteiger partial charge in [0.05, 0.1) is 12.3 Å². The van der Waals surface area contributed by atoms with Gasteiger partial charge >= 0.3 is 0 Å². The van der Waals surface area contributed by atoms with E-state index in [9.17, 15) is 5.11 Å². The van der Waals surface area contributed by atoms with E-state index in [0.29, 0.717) is 5.92 Å². The van der Waals surface area contributed by atoms with Crippen molar-refractivity contribution in [3.63, 3.8) is 0 Å². The van der Waals surface area contributed by atoms with Crippen LogP contribution in [0.5, 0.6) is 0 Å². The van der Waals surface area contributed by atoms with Crippen LogP contribution < -0.4 is 5.32 Å². The summed E-state index contributed by atoms with van der Waals surface area (Å²) in [7, 11) is 0. The summed E-state index contributed by atoms with van der Waals surface area (Å²) in [6, 6.07) is 0. The highest BCUT2D eigenvalue weighted by atomic mass is 16.5. The summed E-state index contributed by atoms with van der Waals surface area (Å²) in [5, 5.41) is 16.7. The van der Waals surface area contributed by atoms with Crippen LogP contribution in [0.4, 0.5) is 0 Å². The van der Waals surface area contributed by atoms with Crippen LogP contribution >= 0.6 is 0 Å². The molecule has 0 radical (unpaired) electrons. The first-order valence-electron chi connectivity index (χ1n) is 4.66. The van der Waals surface area contributed by atoms with E-state index in [1.54, 1.807) is 6.20 Å².